The summed E-state index contributed by atoms with van der Waals surface area (Å²) in [5, 5.41) is 3.95. The van der Waals surface area contributed by atoms with Crippen LogP contribution in [0.25, 0.3) is 0 Å². The highest BCUT2D eigenvalue weighted by Gasteiger charge is 2.24. The highest BCUT2D eigenvalue weighted by Crippen LogP contribution is 2.29. The second-order valence-corrected chi connectivity index (χ2v) is 6.26. The molecule has 0 aromatic heterocycles. The van der Waals surface area contributed by atoms with Gasteiger partial charge in [0.2, 0.25) is 0 Å². The fourth-order valence-corrected chi connectivity index (χ4v) is 3.51. The van der Waals surface area contributed by atoms with Crippen LogP contribution in [0, 0.1) is 5.92 Å². The third kappa shape index (κ3) is 3.24. The van der Waals surface area contributed by atoms with Crippen molar-refractivity contribution in [2.24, 2.45) is 5.92 Å². The van der Waals surface area contributed by atoms with Gasteiger partial charge in [0.15, 0.2) is 0 Å². The SMILES string of the molecule is ClC1CCCC1CNCCc1ccc2c(c1)CCO2. The van der Waals surface area contributed by atoms with Crippen LogP contribution in [-0.2, 0) is 12.8 Å². The van der Waals surface area contributed by atoms with E-state index in [4.69, 9.17) is 16.3 Å². The van der Waals surface area contributed by atoms with Crippen LogP contribution in [0.1, 0.15) is 30.4 Å². The third-order valence-electron chi connectivity index (χ3n) is 4.32. The van der Waals surface area contributed by atoms with Crippen LogP contribution < -0.4 is 10.1 Å². The maximum Gasteiger partial charge on any atom is 0.122 e. The number of hydrogen-bond acceptors (Lipinski definition) is 2. The summed E-state index contributed by atoms with van der Waals surface area (Å²) in [6.07, 6.45) is 5.93. The molecular formula is C16H22ClNO. The van der Waals surface area contributed by atoms with Crippen molar-refractivity contribution in [1.29, 1.82) is 0 Å². The molecule has 3 rings (SSSR count). The van der Waals surface area contributed by atoms with Crippen LogP contribution in [-0.4, -0.2) is 25.1 Å². The van der Waals surface area contributed by atoms with E-state index in [9.17, 15) is 0 Å². The highest BCUT2D eigenvalue weighted by molar-refractivity contribution is 6.20. The molecule has 0 saturated heterocycles. The maximum atomic E-state index is 6.28. The van der Waals surface area contributed by atoms with E-state index < -0.39 is 0 Å². The van der Waals surface area contributed by atoms with Crippen molar-refractivity contribution in [3.63, 3.8) is 0 Å². The van der Waals surface area contributed by atoms with Gasteiger partial charge in [-0.1, -0.05) is 18.6 Å². The Morgan fingerprint density at radius 2 is 2.26 bits per heavy atom. The largest absolute Gasteiger partial charge is 0.493 e. The van der Waals surface area contributed by atoms with Gasteiger partial charge in [0.05, 0.1) is 6.61 Å². The third-order valence-corrected chi connectivity index (χ3v) is 4.89. The first-order valence-corrected chi connectivity index (χ1v) is 7.86. The molecule has 1 aliphatic carbocycles. The summed E-state index contributed by atoms with van der Waals surface area (Å²) < 4.78 is 5.53. The molecule has 2 aliphatic rings. The lowest BCUT2D eigenvalue weighted by Crippen LogP contribution is -2.27. The zero-order valence-corrected chi connectivity index (χ0v) is 12.1. The second kappa shape index (κ2) is 6.15. The minimum atomic E-state index is 0.393. The number of alkyl halides is 1. The summed E-state index contributed by atoms with van der Waals surface area (Å²) in [6, 6.07) is 6.60. The van der Waals surface area contributed by atoms with Crippen molar-refractivity contribution in [3.8, 4) is 5.75 Å². The normalized spacial score (nSPS) is 25.3. The number of halogens is 1. The molecule has 0 spiro atoms. The number of ether oxygens (including phenoxy) is 1. The van der Waals surface area contributed by atoms with Crippen molar-refractivity contribution >= 4 is 11.6 Å². The van der Waals surface area contributed by atoms with Gasteiger partial charge in [-0.3, -0.25) is 0 Å². The molecule has 1 saturated carbocycles. The molecule has 1 N–H and O–H groups in total. The van der Waals surface area contributed by atoms with Gasteiger partial charge in [-0.05, 0) is 55.5 Å². The van der Waals surface area contributed by atoms with Crippen LogP contribution in [0.15, 0.2) is 18.2 Å². The molecule has 1 aromatic carbocycles. The fourth-order valence-electron chi connectivity index (χ4n) is 3.14. The average molecular weight is 280 g/mol. The van der Waals surface area contributed by atoms with E-state index in [2.05, 4.69) is 23.5 Å². The Balaban J connectivity index is 1.42. The summed E-state index contributed by atoms with van der Waals surface area (Å²) in [4.78, 5) is 0. The fraction of sp³-hybridized carbons (Fsp3) is 0.625. The van der Waals surface area contributed by atoms with Crippen molar-refractivity contribution in [2.75, 3.05) is 19.7 Å². The van der Waals surface area contributed by atoms with Gasteiger partial charge in [0.1, 0.15) is 5.75 Å². The first kappa shape index (κ1) is 13.3. The van der Waals surface area contributed by atoms with E-state index in [1.54, 1.807) is 0 Å². The minimum absolute atomic E-state index is 0.393. The molecule has 1 heterocycles. The minimum Gasteiger partial charge on any atom is -0.493 e. The van der Waals surface area contributed by atoms with Gasteiger partial charge in [0, 0.05) is 11.8 Å². The van der Waals surface area contributed by atoms with Gasteiger partial charge < -0.3 is 10.1 Å². The summed E-state index contributed by atoms with van der Waals surface area (Å²) >= 11 is 6.28. The molecule has 0 radical (unpaired) electrons. The number of benzene rings is 1. The molecule has 2 unspecified atom stereocenters. The summed E-state index contributed by atoms with van der Waals surface area (Å²) in [5.41, 5.74) is 2.78. The van der Waals surface area contributed by atoms with Gasteiger partial charge >= 0.3 is 0 Å². The standard InChI is InChI=1S/C16H22ClNO/c17-15-3-1-2-14(15)11-18-8-6-12-4-5-16-13(10-12)7-9-19-16/h4-5,10,14-15,18H,1-3,6-9,11H2. The van der Waals surface area contributed by atoms with E-state index in [1.165, 1.54) is 30.4 Å². The predicted molar refractivity (Wildman–Crippen MR) is 79.2 cm³/mol. The highest BCUT2D eigenvalue weighted by atomic mass is 35.5. The Kier molecular flexibility index (Phi) is 4.29. The van der Waals surface area contributed by atoms with E-state index in [0.29, 0.717) is 11.3 Å². The molecule has 1 aliphatic heterocycles. The first-order valence-electron chi connectivity index (χ1n) is 7.42. The van der Waals surface area contributed by atoms with Crippen molar-refractivity contribution in [2.45, 2.75) is 37.5 Å². The van der Waals surface area contributed by atoms with Crippen molar-refractivity contribution in [1.82, 2.24) is 5.32 Å². The number of nitrogens with one attached hydrogen (secondary N) is 1. The van der Waals surface area contributed by atoms with Crippen molar-refractivity contribution in [3.05, 3.63) is 29.3 Å². The Bertz CT molecular complexity index is 435. The number of hydrogen-bond donors (Lipinski definition) is 1. The van der Waals surface area contributed by atoms with Crippen LogP contribution in [0.4, 0.5) is 0 Å². The Hall–Kier alpha value is -0.730. The lowest BCUT2D eigenvalue weighted by atomic mass is 10.1. The lowest BCUT2D eigenvalue weighted by Gasteiger charge is -2.14. The average Bonchev–Trinajstić information content (AvgIpc) is 3.03. The number of fused-ring (bicyclic) bond motifs is 1. The molecule has 19 heavy (non-hydrogen) atoms. The van der Waals surface area contributed by atoms with E-state index in [0.717, 1.165) is 38.3 Å². The van der Waals surface area contributed by atoms with Crippen LogP contribution >= 0.6 is 11.6 Å². The smallest absolute Gasteiger partial charge is 0.122 e. The maximum absolute atomic E-state index is 6.28. The lowest BCUT2D eigenvalue weighted by molar-refractivity contribution is 0.357. The Morgan fingerprint density at radius 3 is 3.11 bits per heavy atom. The molecule has 1 aromatic rings. The molecule has 0 bridgehead atoms. The molecule has 2 nitrogen and oxygen atoms in total. The first-order chi connectivity index (χ1) is 9.33. The molecule has 2 atom stereocenters. The topological polar surface area (TPSA) is 21.3 Å². The zero-order valence-electron chi connectivity index (χ0n) is 11.3. The monoisotopic (exact) mass is 279 g/mol. The molecule has 3 heteroatoms. The van der Waals surface area contributed by atoms with Gasteiger partial charge in [-0.25, -0.2) is 0 Å². The van der Waals surface area contributed by atoms with E-state index in [1.807, 2.05) is 0 Å². The van der Waals surface area contributed by atoms with Crippen molar-refractivity contribution < 1.29 is 4.74 Å². The number of rotatable bonds is 5. The molecule has 1 fully saturated rings. The summed E-state index contributed by atoms with van der Waals surface area (Å²) in [6.45, 7) is 2.96. The van der Waals surface area contributed by atoms with Crippen LogP contribution in [0.5, 0.6) is 5.75 Å². The van der Waals surface area contributed by atoms with E-state index >= 15 is 0 Å². The second-order valence-electron chi connectivity index (χ2n) is 5.70. The zero-order chi connectivity index (χ0) is 13.1. The van der Waals surface area contributed by atoms with Gasteiger partial charge in [-0.2, -0.15) is 0 Å². The Morgan fingerprint density at radius 1 is 1.32 bits per heavy atom. The van der Waals surface area contributed by atoms with E-state index in [-0.39, 0.29) is 0 Å². The van der Waals surface area contributed by atoms with Gasteiger partial charge in [0.25, 0.3) is 0 Å². The summed E-state index contributed by atoms with van der Waals surface area (Å²) in [7, 11) is 0. The van der Waals surface area contributed by atoms with Gasteiger partial charge in [-0.15, -0.1) is 11.6 Å². The molecular weight excluding hydrogens is 258 g/mol. The predicted octanol–water partition coefficient (Wildman–Crippen LogP) is 3.16. The van der Waals surface area contributed by atoms with Crippen LogP contribution in [0.3, 0.4) is 0 Å². The summed E-state index contributed by atoms with van der Waals surface area (Å²) in [5.74, 6) is 1.75. The molecule has 104 valence electrons. The quantitative estimate of drug-likeness (QED) is 0.660. The van der Waals surface area contributed by atoms with Crippen LogP contribution in [0.2, 0.25) is 0 Å². The Labute approximate surface area is 120 Å². The molecule has 0 amide bonds.